The van der Waals surface area contributed by atoms with Crippen molar-refractivity contribution in [1.82, 2.24) is 0 Å². The first-order chi connectivity index (χ1) is 12.6. The van der Waals surface area contributed by atoms with Gasteiger partial charge in [0.05, 0.1) is 20.3 Å². The van der Waals surface area contributed by atoms with Gasteiger partial charge in [-0.3, -0.25) is 4.79 Å². The quantitative estimate of drug-likeness (QED) is 0.640. The second-order valence-electron chi connectivity index (χ2n) is 6.92. The van der Waals surface area contributed by atoms with Crippen LogP contribution in [0.1, 0.15) is 46.8 Å². The van der Waals surface area contributed by atoms with Crippen LogP contribution >= 0.6 is 0 Å². The highest BCUT2D eigenvalue weighted by Gasteiger charge is 2.39. The van der Waals surface area contributed by atoms with Crippen LogP contribution in [-0.4, -0.2) is 20.0 Å². The summed E-state index contributed by atoms with van der Waals surface area (Å²) < 4.78 is 11.2. The molecule has 2 aromatic rings. The van der Waals surface area contributed by atoms with Gasteiger partial charge in [0, 0.05) is 22.7 Å². The van der Waals surface area contributed by atoms with Gasteiger partial charge in [0.15, 0.2) is 17.3 Å². The van der Waals surface area contributed by atoms with E-state index in [0.29, 0.717) is 11.8 Å². The third-order valence-corrected chi connectivity index (χ3v) is 5.54. The topological polar surface area (TPSA) is 47.6 Å². The fraction of sp³-hybridized carbons (Fsp3) is 0.318. The van der Waals surface area contributed by atoms with Gasteiger partial charge in [-0.1, -0.05) is 24.3 Å². The van der Waals surface area contributed by atoms with Crippen molar-refractivity contribution < 1.29 is 14.3 Å². The molecule has 1 aliphatic carbocycles. The summed E-state index contributed by atoms with van der Waals surface area (Å²) in [7, 11) is 3.34. The Hall–Kier alpha value is -2.75. The van der Waals surface area contributed by atoms with Gasteiger partial charge in [-0.2, -0.15) is 0 Å². The lowest BCUT2D eigenvalue weighted by atomic mass is 9.76. The number of hydrogen-bond donors (Lipinski definition) is 1. The molecule has 3 atom stereocenters. The largest absolute Gasteiger partial charge is 0.493 e. The number of nitrogens with one attached hydrogen (secondary N) is 1. The Labute approximate surface area is 153 Å². The molecule has 0 radical (unpaired) electrons. The molecule has 1 N–H and O–H groups in total. The number of Topliss-reactive ketones (excluding diaryl/α,β-unsaturated/α-hetero) is 1. The summed E-state index contributed by atoms with van der Waals surface area (Å²) in [6, 6.07) is 12.1. The molecule has 4 heteroatoms. The first kappa shape index (κ1) is 16.7. The Morgan fingerprint density at radius 3 is 2.69 bits per heavy atom. The Morgan fingerprint density at radius 2 is 1.96 bits per heavy atom. The smallest absolute Gasteiger partial charge is 0.165 e. The maximum absolute atomic E-state index is 11.8. The zero-order valence-electron chi connectivity index (χ0n) is 15.3. The molecule has 26 heavy (non-hydrogen) atoms. The number of ether oxygens (including phenoxy) is 2. The Bertz CT molecular complexity index is 887. The number of fused-ring (bicyclic) bond motifs is 3. The summed E-state index contributed by atoms with van der Waals surface area (Å²) in [5, 5.41) is 3.69. The zero-order valence-corrected chi connectivity index (χ0v) is 15.3. The van der Waals surface area contributed by atoms with E-state index in [0.717, 1.165) is 34.7 Å². The third kappa shape index (κ3) is 2.57. The van der Waals surface area contributed by atoms with E-state index < -0.39 is 0 Å². The summed E-state index contributed by atoms with van der Waals surface area (Å²) in [5.41, 5.74) is 4.15. The molecule has 0 bridgehead atoms. The van der Waals surface area contributed by atoms with E-state index in [1.807, 2.05) is 30.3 Å². The molecular weight excluding hydrogens is 326 g/mol. The number of hydrogen-bond acceptors (Lipinski definition) is 4. The van der Waals surface area contributed by atoms with Gasteiger partial charge in [0.2, 0.25) is 0 Å². The van der Waals surface area contributed by atoms with Crippen LogP contribution in [0.4, 0.5) is 5.69 Å². The van der Waals surface area contributed by atoms with Crippen molar-refractivity contribution in [2.75, 3.05) is 19.5 Å². The molecule has 0 saturated carbocycles. The molecule has 1 aliphatic heterocycles. The van der Waals surface area contributed by atoms with E-state index in [9.17, 15) is 4.79 Å². The van der Waals surface area contributed by atoms with Crippen molar-refractivity contribution in [2.24, 2.45) is 5.92 Å². The number of para-hydroxylation sites is 1. The predicted octanol–water partition coefficient (Wildman–Crippen LogP) is 4.73. The number of ketones is 1. The lowest BCUT2D eigenvalue weighted by molar-refractivity contribution is 0.101. The molecule has 4 rings (SSSR count). The van der Waals surface area contributed by atoms with Crippen LogP contribution in [-0.2, 0) is 0 Å². The maximum Gasteiger partial charge on any atom is 0.165 e. The summed E-state index contributed by atoms with van der Waals surface area (Å²) in [6.45, 7) is 1.61. The Kier molecular flexibility index (Phi) is 4.19. The minimum atomic E-state index is 0.0999. The van der Waals surface area contributed by atoms with E-state index in [2.05, 4.69) is 23.5 Å². The predicted molar refractivity (Wildman–Crippen MR) is 102 cm³/mol. The average molecular weight is 349 g/mol. The normalized spacial score (nSPS) is 23.0. The molecule has 4 nitrogen and oxygen atoms in total. The van der Waals surface area contributed by atoms with Crippen LogP contribution in [0, 0.1) is 5.92 Å². The van der Waals surface area contributed by atoms with Crippen molar-refractivity contribution in [1.29, 1.82) is 0 Å². The molecule has 1 heterocycles. The van der Waals surface area contributed by atoms with E-state index in [1.165, 1.54) is 5.56 Å². The fourth-order valence-corrected chi connectivity index (χ4v) is 4.28. The standard InChI is InChI=1S/C22H23NO3/c1-13(24)14-10-11-19-18(12-14)15-6-4-7-16(15)21(23-19)17-8-5-9-20(25-2)22(17)26-3/h4-6,8-12,15-16,21,23H,7H2,1-3H3/t15-,16+,21+/m1/s1. The number of methoxy groups -OCH3 is 2. The number of allylic oxidation sites excluding steroid dienone is 2. The SMILES string of the molecule is COc1cccc([C@H]2Nc3ccc(C(C)=O)cc3[C@@H]3C=CC[C@H]23)c1OC. The summed E-state index contributed by atoms with van der Waals surface area (Å²) >= 11 is 0. The van der Waals surface area contributed by atoms with Gasteiger partial charge in [-0.15, -0.1) is 0 Å². The highest BCUT2D eigenvalue weighted by atomic mass is 16.5. The molecule has 0 aromatic heterocycles. The highest BCUT2D eigenvalue weighted by molar-refractivity contribution is 5.95. The second-order valence-corrected chi connectivity index (χ2v) is 6.92. The van der Waals surface area contributed by atoms with Crippen molar-refractivity contribution in [3.63, 3.8) is 0 Å². The van der Waals surface area contributed by atoms with Crippen LogP contribution in [0.15, 0.2) is 48.6 Å². The molecule has 2 aromatic carbocycles. The summed E-state index contributed by atoms with van der Waals surface area (Å²) in [6.07, 6.45) is 5.51. The third-order valence-electron chi connectivity index (χ3n) is 5.54. The number of benzene rings is 2. The Morgan fingerprint density at radius 1 is 1.12 bits per heavy atom. The number of anilines is 1. The molecule has 0 fully saturated rings. The summed E-state index contributed by atoms with van der Waals surface area (Å²) in [5.74, 6) is 2.30. The van der Waals surface area contributed by atoms with Gasteiger partial charge >= 0.3 is 0 Å². The van der Waals surface area contributed by atoms with E-state index >= 15 is 0 Å². The first-order valence-corrected chi connectivity index (χ1v) is 8.93. The van der Waals surface area contributed by atoms with Crippen molar-refractivity contribution in [3.8, 4) is 11.5 Å². The van der Waals surface area contributed by atoms with Crippen molar-refractivity contribution >= 4 is 11.5 Å². The van der Waals surface area contributed by atoms with Crippen LogP contribution in [0.25, 0.3) is 0 Å². The van der Waals surface area contributed by atoms with Crippen LogP contribution < -0.4 is 14.8 Å². The molecular formula is C22H23NO3. The molecule has 134 valence electrons. The van der Waals surface area contributed by atoms with E-state index in [1.54, 1.807) is 21.1 Å². The second kappa shape index (κ2) is 6.52. The maximum atomic E-state index is 11.8. The molecule has 2 aliphatic rings. The lowest BCUT2D eigenvalue weighted by Crippen LogP contribution is -2.29. The van der Waals surface area contributed by atoms with Crippen LogP contribution in [0.2, 0.25) is 0 Å². The minimum absolute atomic E-state index is 0.0999. The molecule has 0 amide bonds. The monoisotopic (exact) mass is 349 g/mol. The molecule has 0 spiro atoms. The molecule has 0 saturated heterocycles. The molecule has 0 unspecified atom stereocenters. The van der Waals surface area contributed by atoms with Crippen molar-refractivity contribution in [2.45, 2.75) is 25.3 Å². The van der Waals surface area contributed by atoms with Gasteiger partial charge in [-0.05, 0) is 49.1 Å². The first-order valence-electron chi connectivity index (χ1n) is 8.93. The van der Waals surface area contributed by atoms with E-state index in [-0.39, 0.29) is 11.8 Å². The number of carbonyl (C=O) groups excluding carboxylic acids is 1. The van der Waals surface area contributed by atoms with Gasteiger partial charge in [0.1, 0.15) is 0 Å². The van der Waals surface area contributed by atoms with Crippen LogP contribution in [0.3, 0.4) is 0 Å². The summed E-state index contributed by atoms with van der Waals surface area (Å²) in [4.78, 5) is 11.8. The lowest BCUT2D eigenvalue weighted by Gasteiger charge is -2.38. The van der Waals surface area contributed by atoms with Crippen LogP contribution in [0.5, 0.6) is 11.5 Å². The average Bonchev–Trinajstić information content (AvgIpc) is 3.16. The minimum Gasteiger partial charge on any atom is -0.493 e. The number of rotatable bonds is 4. The van der Waals surface area contributed by atoms with Gasteiger partial charge in [0.25, 0.3) is 0 Å². The van der Waals surface area contributed by atoms with Crippen molar-refractivity contribution in [3.05, 3.63) is 65.2 Å². The Balaban J connectivity index is 1.81. The van der Waals surface area contributed by atoms with Gasteiger partial charge < -0.3 is 14.8 Å². The zero-order chi connectivity index (χ0) is 18.3. The van der Waals surface area contributed by atoms with Gasteiger partial charge in [-0.25, -0.2) is 0 Å². The van der Waals surface area contributed by atoms with E-state index in [4.69, 9.17) is 9.47 Å². The fourth-order valence-electron chi connectivity index (χ4n) is 4.28. The number of carbonyl (C=O) groups is 1. The highest BCUT2D eigenvalue weighted by Crippen LogP contribution is 2.52.